The third-order valence-electron chi connectivity index (χ3n) is 5.59. The Hall–Kier alpha value is -2.93. The van der Waals surface area contributed by atoms with Gasteiger partial charge in [-0.05, 0) is 18.9 Å². The summed E-state index contributed by atoms with van der Waals surface area (Å²) in [4.78, 5) is 7.20. The van der Waals surface area contributed by atoms with Crippen LogP contribution in [0.5, 0.6) is 17.2 Å². The number of ether oxygens (including phenoxy) is 4. The molecule has 2 aromatic carbocycles. The van der Waals surface area contributed by atoms with Crippen molar-refractivity contribution in [2.45, 2.75) is 26.5 Å². The fraction of sp³-hybridized carbons (Fsp3) is 0.480. The van der Waals surface area contributed by atoms with Gasteiger partial charge in [-0.1, -0.05) is 30.3 Å². The van der Waals surface area contributed by atoms with E-state index in [2.05, 4.69) is 29.3 Å². The first kappa shape index (κ1) is 23.7. The second-order valence-electron chi connectivity index (χ2n) is 7.78. The predicted molar refractivity (Wildman–Crippen MR) is 127 cm³/mol. The summed E-state index contributed by atoms with van der Waals surface area (Å²) in [6.45, 7) is 6.64. The highest BCUT2D eigenvalue weighted by atomic mass is 16.5. The molecule has 7 nitrogen and oxygen atoms in total. The van der Waals surface area contributed by atoms with Crippen LogP contribution >= 0.6 is 0 Å². The average Bonchev–Trinajstić information content (AvgIpc) is 3.30. The second-order valence-corrected chi connectivity index (χ2v) is 7.78. The SMILES string of the molecule is CCNC(=NCc1c(OC)cc(OC)cc1OC)N1CCC(COCc2ccccc2)C1. The maximum atomic E-state index is 5.97. The number of methoxy groups -OCH3 is 3. The summed E-state index contributed by atoms with van der Waals surface area (Å²) >= 11 is 0. The van der Waals surface area contributed by atoms with Gasteiger partial charge in [-0.25, -0.2) is 4.99 Å². The van der Waals surface area contributed by atoms with Crippen molar-refractivity contribution >= 4 is 5.96 Å². The van der Waals surface area contributed by atoms with Gasteiger partial charge in [0.05, 0.1) is 46.7 Å². The Morgan fingerprint density at radius 3 is 2.41 bits per heavy atom. The minimum Gasteiger partial charge on any atom is -0.496 e. The van der Waals surface area contributed by atoms with Crippen LogP contribution in [0.15, 0.2) is 47.5 Å². The zero-order chi connectivity index (χ0) is 22.8. The topological polar surface area (TPSA) is 64.6 Å². The number of benzene rings is 2. The molecule has 0 spiro atoms. The van der Waals surface area contributed by atoms with Crippen LogP contribution in [0.3, 0.4) is 0 Å². The lowest BCUT2D eigenvalue weighted by atomic mass is 10.1. The van der Waals surface area contributed by atoms with Crippen LogP contribution in [-0.2, 0) is 17.9 Å². The van der Waals surface area contributed by atoms with Crippen LogP contribution in [0.25, 0.3) is 0 Å². The van der Waals surface area contributed by atoms with Gasteiger partial charge < -0.3 is 29.2 Å². The molecule has 1 fully saturated rings. The molecule has 0 aromatic heterocycles. The Morgan fingerprint density at radius 2 is 1.78 bits per heavy atom. The van der Waals surface area contributed by atoms with Crippen molar-refractivity contribution in [3.8, 4) is 17.2 Å². The number of hydrogen-bond donors (Lipinski definition) is 1. The van der Waals surface area contributed by atoms with E-state index in [1.807, 2.05) is 30.3 Å². The van der Waals surface area contributed by atoms with Gasteiger partial charge in [0.15, 0.2) is 5.96 Å². The first-order chi connectivity index (χ1) is 15.7. The molecule has 1 saturated heterocycles. The smallest absolute Gasteiger partial charge is 0.194 e. The molecule has 0 radical (unpaired) electrons. The zero-order valence-electron chi connectivity index (χ0n) is 19.6. The maximum Gasteiger partial charge on any atom is 0.194 e. The highest BCUT2D eigenvalue weighted by Gasteiger charge is 2.25. The third-order valence-corrected chi connectivity index (χ3v) is 5.59. The number of aliphatic imine (C=N–C) groups is 1. The summed E-state index contributed by atoms with van der Waals surface area (Å²) in [6, 6.07) is 14.0. The number of hydrogen-bond acceptors (Lipinski definition) is 5. The Morgan fingerprint density at radius 1 is 1.06 bits per heavy atom. The van der Waals surface area contributed by atoms with Gasteiger partial charge in [0.2, 0.25) is 0 Å². The standard InChI is InChI=1S/C25H35N3O4/c1-5-26-25(27-15-22-23(30-3)13-21(29-2)14-24(22)31-4)28-12-11-20(16-28)18-32-17-19-9-7-6-8-10-19/h6-10,13-14,20H,5,11-12,15-18H2,1-4H3,(H,26,27). The minimum absolute atomic E-state index is 0.449. The zero-order valence-corrected chi connectivity index (χ0v) is 19.6. The molecule has 1 atom stereocenters. The fourth-order valence-electron chi connectivity index (χ4n) is 3.89. The van der Waals surface area contributed by atoms with Crippen molar-refractivity contribution < 1.29 is 18.9 Å². The molecule has 0 saturated carbocycles. The van der Waals surface area contributed by atoms with Crippen molar-refractivity contribution in [1.82, 2.24) is 10.2 Å². The molecule has 1 N–H and O–H groups in total. The highest BCUT2D eigenvalue weighted by molar-refractivity contribution is 5.80. The minimum atomic E-state index is 0.449. The molecule has 0 amide bonds. The van der Waals surface area contributed by atoms with Gasteiger partial charge in [0.25, 0.3) is 0 Å². The van der Waals surface area contributed by atoms with Gasteiger partial charge >= 0.3 is 0 Å². The van der Waals surface area contributed by atoms with E-state index in [9.17, 15) is 0 Å². The molecule has 7 heteroatoms. The van der Waals surface area contributed by atoms with Crippen LogP contribution in [0.2, 0.25) is 0 Å². The Kier molecular flexibility index (Phi) is 9.04. The Labute approximate surface area is 191 Å². The Balaban J connectivity index is 1.63. The molecule has 1 aliphatic heterocycles. The molecule has 3 rings (SSSR count). The van der Waals surface area contributed by atoms with Crippen molar-refractivity contribution in [2.75, 3.05) is 47.6 Å². The summed E-state index contributed by atoms with van der Waals surface area (Å²) in [5, 5.41) is 3.42. The van der Waals surface area contributed by atoms with Crippen molar-refractivity contribution in [1.29, 1.82) is 0 Å². The molecular weight excluding hydrogens is 406 g/mol. The molecule has 0 bridgehead atoms. The average molecular weight is 442 g/mol. The van der Waals surface area contributed by atoms with E-state index in [-0.39, 0.29) is 0 Å². The normalized spacial score (nSPS) is 16.2. The van der Waals surface area contributed by atoms with Gasteiger partial charge in [-0.3, -0.25) is 0 Å². The van der Waals surface area contributed by atoms with E-state index < -0.39 is 0 Å². The summed E-state index contributed by atoms with van der Waals surface area (Å²) in [5.41, 5.74) is 2.10. The fourth-order valence-corrected chi connectivity index (χ4v) is 3.89. The summed E-state index contributed by atoms with van der Waals surface area (Å²) < 4.78 is 22.4. The van der Waals surface area contributed by atoms with Gasteiger partial charge in [-0.2, -0.15) is 0 Å². The van der Waals surface area contributed by atoms with E-state index in [1.54, 1.807) is 21.3 Å². The van der Waals surface area contributed by atoms with E-state index in [1.165, 1.54) is 5.56 Å². The highest BCUT2D eigenvalue weighted by Crippen LogP contribution is 2.34. The van der Waals surface area contributed by atoms with Crippen molar-refractivity contribution in [2.24, 2.45) is 10.9 Å². The largest absolute Gasteiger partial charge is 0.496 e. The number of nitrogens with zero attached hydrogens (tertiary/aromatic N) is 2. The number of rotatable bonds is 10. The van der Waals surface area contributed by atoms with Gasteiger partial charge in [-0.15, -0.1) is 0 Å². The molecular formula is C25H35N3O4. The quantitative estimate of drug-likeness (QED) is 0.448. The molecule has 1 aliphatic rings. The van der Waals surface area contributed by atoms with Crippen LogP contribution in [0.4, 0.5) is 0 Å². The molecule has 0 aliphatic carbocycles. The summed E-state index contributed by atoms with van der Waals surface area (Å²) in [5.74, 6) is 3.49. The van der Waals surface area contributed by atoms with Crippen LogP contribution in [0.1, 0.15) is 24.5 Å². The monoisotopic (exact) mass is 441 g/mol. The van der Waals surface area contributed by atoms with Crippen molar-refractivity contribution in [3.63, 3.8) is 0 Å². The molecule has 174 valence electrons. The summed E-state index contributed by atoms with van der Waals surface area (Å²) in [7, 11) is 4.92. The second kappa shape index (κ2) is 12.2. The molecule has 1 unspecified atom stereocenters. The van der Waals surface area contributed by atoms with Gasteiger partial charge in [0.1, 0.15) is 17.2 Å². The van der Waals surface area contributed by atoms with E-state index in [0.29, 0.717) is 36.3 Å². The number of guanidine groups is 1. The Bertz CT molecular complexity index is 848. The van der Waals surface area contributed by atoms with E-state index in [4.69, 9.17) is 23.9 Å². The number of likely N-dealkylation sites (tertiary alicyclic amines) is 1. The third kappa shape index (κ3) is 6.29. The van der Waals surface area contributed by atoms with Crippen LogP contribution in [-0.4, -0.2) is 58.4 Å². The number of nitrogens with one attached hydrogen (secondary N) is 1. The van der Waals surface area contributed by atoms with E-state index >= 15 is 0 Å². The lowest BCUT2D eigenvalue weighted by molar-refractivity contribution is 0.0906. The summed E-state index contributed by atoms with van der Waals surface area (Å²) in [6.07, 6.45) is 1.09. The van der Waals surface area contributed by atoms with E-state index in [0.717, 1.165) is 44.2 Å². The predicted octanol–water partition coefficient (Wildman–Crippen LogP) is 3.72. The first-order valence-electron chi connectivity index (χ1n) is 11.1. The molecule has 1 heterocycles. The first-order valence-corrected chi connectivity index (χ1v) is 11.1. The van der Waals surface area contributed by atoms with Crippen LogP contribution < -0.4 is 19.5 Å². The molecule has 32 heavy (non-hydrogen) atoms. The van der Waals surface area contributed by atoms with Crippen molar-refractivity contribution in [3.05, 3.63) is 53.6 Å². The van der Waals surface area contributed by atoms with Gasteiger partial charge in [0, 0.05) is 37.7 Å². The maximum absolute atomic E-state index is 5.97. The lowest BCUT2D eigenvalue weighted by Gasteiger charge is -2.22. The lowest BCUT2D eigenvalue weighted by Crippen LogP contribution is -2.40. The molecule has 2 aromatic rings. The van der Waals surface area contributed by atoms with Crippen LogP contribution in [0, 0.1) is 5.92 Å².